The first-order valence-corrected chi connectivity index (χ1v) is 7.62. The van der Waals surface area contributed by atoms with E-state index in [4.69, 9.17) is 4.74 Å². The van der Waals surface area contributed by atoms with Crippen molar-refractivity contribution in [3.63, 3.8) is 0 Å². The maximum atomic E-state index is 12.5. The number of hydrogen-bond donors (Lipinski definition) is 1. The molecule has 1 amide bonds. The Balaban J connectivity index is 1.63. The van der Waals surface area contributed by atoms with Crippen molar-refractivity contribution in [2.24, 2.45) is 11.8 Å². The van der Waals surface area contributed by atoms with Gasteiger partial charge in [-0.3, -0.25) is 4.79 Å². The van der Waals surface area contributed by atoms with Gasteiger partial charge in [-0.25, -0.2) is 4.98 Å². The number of nitrogens with zero attached hydrogens (tertiary/aromatic N) is 1. The molecule has 1 N–H and O–H groups in total. The van der Waals surface area contributed by atoms with Gasteiger partial charge in [-0.15, -0.1) is 0 Å². The fraction of sp³-hybridized carbons (Fsp3) is 0.600. The van der Waals surface area contributed by atoms with Gasteiger partial charge in [-0.05, 0) is 12.5 Å². The zero-order valence-corrected chi connectivity index (χ0v) is 12.9. The van der Waals surface area contributed by atoms with E-state index in [1.54, 1.807) is 0 Å². The quantitative estimate of drug-likeness (QED) is 0.787. The Morgan fingerprint density at radius 2 is 2.16 bits per heavy atom. The number of ether oxygens (including phenoxy) is 2. The lowest BCUT2D eigenvalue weighted by molar-refractivity contribution is -0.162. The Morgan fingerprint density at radius 3 is 2.68 bits per heavy atom. The highest BCUT2D eigenvalue weighted by Crippen LogP contribution is 2.50. The second-order valence-electron chi connectivity index (χ2n) is 6.04. The van der Waals surface area contributed by atoms with E-state index in [9.17, 15) is 26.7 Å². The number of hydrogen-bond acceptors (Lipinski definition) is 4. The molecule has 138 valence electrons. The Kier molecular flexibility index (Phi) is 4.56. The number of nitrogens with one attached hydrogen (secondary N) is 1. The molecule has 1 aliphatic heterocycles. The number of carbonyl (C=O) groups excluding carboxylic acids is 1. The fourth-order valence-electron chi connectivity index (χ4n) is 2.81. The summed E-state index contributed by atoms with van der Waals surface area (Å²) in [6, 6.07) is 4.23. The van der Waals surface area contributed by atoms with E-state index in [0.29, 0.717) is 13.0 Å². The largest absolute Gasteiger partial charge is 0.417 e. The molecule has 1 aromatic heterocycles. The van der Waals surface area contributed by atoms with Crippen molar-refractivity contribution >= 4 is 5.91 Å². The summed E-state index contributed by atoms with van der Waals surface area (Å²) in [5.41, 5.74) is -0.764. The molecule has 1 saturated heterocycles. The summed E-state index contributed by atoms with van der Waals surface area (Å²) in [5, 5.41) is 2.46. The second-order valence-corrected chi connectivity index (χ2v) is 6.04. The highest BCUT2D eigenvalue weighted by atomic mass is 19.4. The molecule has 0 spiro atoms. The minimum absolute atomic E-state index is 0.0853. The van der Waals surface area contributed by atoms with Crippen LogP contribution in [-0.4, -0.2) is 36.8 Å². The normalized spacial score (nSPS) is 28.4. The summed E-state index contributed by atoms with van der Waals surface area (Å²) in [4.78, 5) is 15.8. The number of carbonyl (C=O) groups is 1. The van der Waals surface area contributed by atoms with Crippen LogP contribution in [0.25, 0.3) is 0 Å². The lowest BCUT2D eigenvalue weighted by Gasteiger charge is -2.41. The first kappa shape index (κ1) is 17.8. The predicted molar refractivity (Wildman–Crippen MR) is 73.8 cm³/mol. The smallest absolute Gasteiger partial charge is 0.392 e. The molecule has 0 aromatic carbocycles. The molecular formula is C15H15F5N2O3. The van der Waals surface area contributed by atoms with Crippen LogP contribution in [0.2, 0.25) is 0 Å². The molecule has 3 atom stereocenters. The molecule has 0 bridgehead atoms. The fourth-order valence-corrected chi connectivity index (χ4v) is 2.81. The van der Waals surface area contributed by atoms with Crippen molar-refractivity contribution in [1.29, 1.82) is 0 Å². The van der Waals surface area contributed by atoms with Crippen molar-refractivity contribution < 1.29 is 36.2 Å². The van der Waals surface area contributed by atoms with Gasteiger partial charge < -0.3 is 14.8 Å². The Hall–Kier alpha value is -1.97. The van der Waals surface area contributed by atoms with E-state index in [-0.39, 0.29) is 24.5 Å². The molecule has 1 saturated carbocycles. The number of pyridine rings is 1. The third-order valence-electron chi connectivity index (χ3n) is 4.38. The van der Waals surface area contributed by atoms with Gasteiger partial charge in [-0.1, -0.05) is 6.07 Å². The van der Waals surface area contributed by atoms with Gasteiger partial charge in [0.2, 0.25) is 11.8 Å². The van der Waals surface area contributed by atoms with Gasteiger partial charge >= 0.3 is 12.8 Å². The van der Waals surface area contributed by atoms with Crippen LogP contribution >= 0.6 is 0 Å². The van der Waals surface area contributed by atoms with E-state index in [0.717, 1.165) is 0 Å². The topological polar surface area (TPSA) is 60.5 Å². The summed E-state index contributed by atoms with van der Waals surface area (Å²) >= 11 is 0. The van der Waals surface area contributed by atoms with Crippen molar-refractivity contribution in [3.05, 3.63) is 23.9 Å². The molecule has 1 aromatic rings. The van der Waals surface area contributed by atoms with Crippen molar-refractivity contribution in [3.8, 4) is 5.88 Å². The molecule has 2 fully saturated rings. The van der Waals surface area contributed by atoms with Crippen LogP contribution in [0.4, 0.5) is 22.0 Å². The summed E-state index contributed by atoms with van der Waals surface area (Å²) in [5.74, 6) is -3.68. The first-order valence-electron chi connectivity index (χ1n) is 7.62. The monoisotopic (exact) mass is 366 g/mol. The first-order chi connectivity index (χ1) is 11.7. The van der Waals surface area contributed by atoms with Crippen LogP contribution in [0.3, 0.4) is 0 Å². The SMILES string of the molecule is O=C(NCC1(c2cccc(OC(F)F)n2)CCO1)[C@H]1C[C@@H]1C(F)(F)F. The highest BCUT2D eigenvalue weighted by molar-refractivity contribution is 5.81. The van der Waals surface area contributed by atoms with Crippen LogP contribution in [-0.2, 0) is 15.1 Å². The average molecular weight is 366 g/mol. The van der Waals surface area contributed by atoms with Gasteiger partial charge in [0.15, 0.2) is 0 Å². The molecule has 0 radical (unpaired) electrons. The molecule has 25 heavy (non-hydrogen) atoms. The van der Waals surface area contributed by atoms with E-state index in [1.165, 1.54) is 18.2 Å². The Bertz CT molecular complexity index is 648. The summed E-state index contributed by atoms with van der Waals surface area (Å²) in [6.45, 7) is -2.75. The van der Waals surface area contributed by atoms with Crippen LogP contribution in [0.15, 0.2) is 18.2 Å². The van der Waals surface area contributed by atoms with Crippen molar-refractivity contribution in [1.82, 2.24) is 10.3 Å². The van der Waals surface area contributed by atoms with E-state index < -0.39 is 36.1 Å². The maximum Gasteiger partial charge on any atom is 0.392 e. The highest BCUT2D eigenvalue weighted by Gasteiger charge is 2.59. The van der Waals surface area contributed by atoms with Gasteiger partial charge in [0.25, 0.3) is 0 Å². The molecule has 1 aliphatic carbocycles. The third-order valence-corrected chi connectivity index (χ3v) is 4.38. The third kappa shape index (κ3) is 3.83. The molecular weight excluding hydrogens is 351 g/mol. The van der Waals surface area contributed by atoms with Crippen molar-refractivity contribution in [2.45, 2.75) is 31.2 Å². The number of amides is 1. The second kappa shape index (κ2) is 6.40. The average Bonchev–Trinajstić information content (AvgIpc) is 3.26. The maximum absolute atomic E-state index is 12.5. The number of aromatic nitrogens is 1. The van der Waals surface area contributed by atoms with Crippen LogP contribution in [0.1, 0.15) is 18.5 Å². The van der Waals surface area contributed by atoms with Gasteiger partial charge in [-0.2, -0.15) is 22.0 Å². The number of rotatable bonds is 6. The number of alkyl halides is 5. The zero-order valence-electron chi connectivity index (χ0n) is 12.9. The zero-order chi connectivity index (χ0) is 18.2. The molecule has 1 unspecified atom stereocenters. The summed E-state index contributed by atoms with van der Waals surface area (Å²) in [7, 11) is 0. The molecule has 10 heteroatoms. The van der Waals surface area contributed by atoms with Crippen LogP contribution in [0, 0.1) is 11.8 Å². The molecule has 5 nitrogen and oxygen atoms in total. The summed E-state index contributed by atoms with van der Waals surface area (Å²) < 4.78 is 71.8. The molecule has 2 aliphatic rings. The summed E-state index contributed by atoms with van der Waals surface area (Å²) in [6.07, 6.45) is -4.15. The minimum atomic E-state index is -4.38. The Labute approximate surface area is 139 Å². The lowest BCUT2D eigenvalue weighted by Crippen LogP contribution is -2.50. The van der Waals surface area contributed by atoms with Gasteiger partial charge in [0.1, 0.15) is 5.60 Å². The van der Waals surface area contributed by atoms with E-state index in [2.05, 4.69) is 15.0 Å². The van der Waals surface area contributed by atoms with Crippen molar-refractivity contribution in [2.75, 3.05) is 13.2 Å². The molecule has 3 rings (SSSR count). The number of halogens is 5. The predicted octanol–water partition coefficient (Wildman–Crippen LogP) is 2.61. The molecule has 2 heterocycles. The Morgan fingerprint density at radius 1 is 1.44 bits per heavy atom. The van der Waals surface area contributed by atoms with Gasteiger partial charge in [0.05, 0.1) is 30.7 Å². The van der Waals surface area contributed by atoms with Gasteiger partial charge in [0, 0.05) is 12.5 Å². The standard InChI is InChI=1S/C15H15F5N2O3/c16-13(17)25-11-3-1-2-10(22-11)14(4-5-24-14)7-21-12(23)8-6-9(8)15(18,19)20/h1-3,8-9,13H,4-7H2,(H,21,23)/t8-,9-,14?/m0/s1. The minimum Gasteiger partial charge on any atom is -0.417 e. The van der Waals surface area contributed by atoms with Crippen LogP contribution in [0.5, 0.6) is 5.88 Å². The van der Waals surface area contributed by atoms with Crippen LogP contribution < -0.4 is 10.1 Å². The van der Waals surface area contributed by atoms with E-state index in [1.807, 2.05) is 0 Å². The lowest BCUT2D eigenvalue weighted by atomic mass is 9.90. The van der Waals surface area contributed by atoms with E-state index >= 15 is 0 Å².